The zero-order valence-corrected chi connectivity index (χ0v) is 10.0. The molecule has 0 saturated heterocycles. The van der Waals surface area contributed by atoms with Gasteiger partial charge in [0.1, 0.15) is 22.0 Å². The first kappa shape index (κ1) is 11.5. The molecule has 0 aliphatic heterocycles. The SMILES string of the molecule is CS(=O)(=O)CCC(N)c1nncn1C1CC1. The lowest BCUT2D eigenvalue weighted by molar-refractivity contribution is 0.565. The summed E-state index contributed by atoms with van der Waals surface area (Å²) in [5, 5.41) is 7.80. The third kappa shape index (κ3) is 2.79. The average molecular weight is 244 g/mol. The highest BCUT2D eigenvalue weighted by molar-refractivity contribution is 7.90. The molecule has 1 atom stereocenters. The molecule has 1 unspecified atom stereocenters. The van der Waals surface area contributed by atoms with Crippen LogP contribution in [0, 0.1) is 0 Å². The van der Waals surface area contributed by atoms with Gasteiger partial charge in [-0.25, -0.2) is 8.42 Å². The fourth-order valence-corrected chi connectivity index (χ4v) is 2.30. The Morgan fingerprint density at radius 3 is 2.88 bits per heavy atom. The van der Waals surface area contributed by atoms with Gasteiger partial charge in [0.15, 0.2) is 0 Å². The summed E-state index contributed by atoms with van der Waals surface area (Å²) in [5.41, 5.74) is 5.93. The van der Waals surface area contributed by atoms with Gasteiger partial charge in [-0.2, -0.15) is 0 Å². The Labute approximate surface area is 94.8 Å². The monoisotopic (exact) mass is 244 g/mol. The minimum Gasteiger partial charge on any atom is -0.321 e. The van der Waals surface area contributed by atoms with Crippen molar-refractivity contribution in [3.63, 3.8) is 0 Å². The van der Waals surface area contributed by atoms with E-state index in [9.17, 15) is 8.42 Å². The van der Waals surface area contributed by atoms with Crippen molar-refractivity contribution in [1.82, 2.24) is 14.8 Å². The number of hydrogen-bond acceptors (Lipinski definition) is 5. The number of nitrogens with zero attached hydrogens (tertiary/aromatic N) is 3. The van der Waals surface area contributed by atoms with Gasteiger partial charge in [0, 0.05) is 12.3 Å². The Morgan fingerprint density at radius 1 is 1.62 bits per heavy atom. The molecule has 0 aromatic carbocycles. The van der Waals surface area contributed by atoms with Crippen molar-refractivity contribution in [3.8, 4) is 0 Å². The molecule has 6 nitrogen and oxygen atoms in total. The molecule has 2 rings (SSSR count). The van der Waals surface area contributed by atoms with Gasteiger partial charge in [-0.05, 0) is 19.3 Å². The number of nitrogens with two attached hydrogens (primary N) is 1. The predicted octanol–water partition coefficient (Wildman–Crippen LogP) is 0.0475. The van der Waals surface area contributed by atoms with Gasteiger partial charge >= 0.3 is 0 Å². The zero-order valence-electron chi connectivity index (χ0n) is 9.20. The third-order valence-corrected chi connectivity index (χ3v) is 3.65. The Hall–Kier alpha value is -0.950. The van der Waals surface area contributed by atoms with Crippen LogP contribution in [-0.2, 0) is 9.84 Å². The largest absolute Gasteiger partial charge is 0.321 e. The minimum atomic E-state index is -2.97. The van der Waals surface area contributed by atoms with Crippen LogP contribution in [0.25, 0.3) is 0 Å². The average Bonchev–Trinajstić information content (AvgIpc) is 2.92. The third-order valence-electron chi connectivity index (χ3n) is 2.67. The molecule has 16 heavy (non-hydrogen) atoms. The standard InChI is InChI=1S/C9H16N4O2S/c1-16(14,15)5-4-8(10)9-12-11-6-13(9)7-2-3-7/h6-8H,2-5,10H2,1H3. The maximum Gasteiger partial charge on any atom is 0.150 e. The summed E-state index contributed by atoms with van der Waals surface area (Å²) >= 11 is 0. The van der Waals surface area contributed by atoms with Crippen molar-refractivity contribution in [2.45, 2.75) is 31.3 Å². The first-order chi connectivity index (χ1) is 7.47. The molecule has 1 heterocycles. The molecule has 2 N–H and O–H groups in total. The van der Waals surface area contributed by atoms with Crippen molar-refractivity contribution in [3.05, 3.63) is 12.2 Å². The van der Waals surface area contributed by atoms with Crippen LogP contribution < -0.4 is 5.73 Å². The summed E-state index contributed by atoms with van der Waals surface area (Å²) < 4.78 is 24.0. The lowest BCUT2D eigenvalue weighted by Crippen LogP contribution is -2.19. The number of sulfone groups is 1. The van der Waals surface area contributed by atoms with Gasteiger partial charge < -0.3 is 10.3 Å². The van der Waals surface area contributed by atoms with Gasteiger partial charge in [0.2, 0.25) is 0 Å². The summed E-state index contributed by atoms with van der Waals surface area (Å²) in [7, 11) is -2.97. The van der Waals surface area contributed by atoms with Crippen LogP contribution in [0.2, 0.25) is 0 Å². The summed E-state index contributed by atoms with van der Waals surface area (Å²) in [6.45, 7) is 0. The molecular weight excluding hydrogens is 228 g/mol. The second kappa shape index (κ2) is 4.14. The van der Waals surface area contributed by atoms with Gasteiger partial charge in [-0.3, -0.25) is 0 Å². The highest BCUT2D eigenvalue weighted by Crippen LogP contribution is 2.36. The van der Waals surface area contributed by atoms with E-state index in [1.54, 1.807) is 6.33 Å². The molecule has 0 spiro atoms. The number of rotatable bonds is 5. The predicted molar refractivity (Wildman–Crippen MR) is 59.5 cm³/mol. The van der Waals surface area contributed by atoms with E-state index in [0.717, 1.165) is 12.8 Å². The van der Waals surface area contributed by atoms with E-state index < -0.39 is 9.84 Å². The zero-order chi connectivity index (χ0) is 11.8. The first-order valence-electron chi connectivity index (χ1n) is 5.30. The molecule has 1 aliphatic rings. The first-order valence-corrected chi connectivity index (χ1v) is 7.36. The van der Waals surface area contributed by atoms with Gasteiger partial charge in [0.25, 0.3) is 0 Å². The summed E-state index contributed by atoms with van der Waals surface area (Å²) in [6.07, 6.45) is 5.54. The van der Waals surface area contributed by atoms with Crippen LogP contribution in [0.1, 0.15) is 37.2 Å². The van der Waals surface area contributed by atoms with Crippen LogP contribution in [0.3, 0.4) is 0 Å². The van der Waals surface area contributed by atoms with E-state index >= 15 is 0 Å². The lowest BCUT2D eigenvalue weighted by atomic mass is 10.2. The van der Waals surface area contributed by atoms with E-state index in [1.165, 1.54) is 6.26 Å². The molecule has 1 aliphatic carbocycles. The Bertz CT molecular complexity index is 464. The van der Waals surface area contributed by atoms with Crippen molar-refractivity contribution in [2.24, 2.45) is 5.73 Å². The molecule has 7 heteroatoms. The highest BCUT2D eigenvalue weighted by atomic mass is 32.2. The van der Waals surface area contributed by atoms with Crippen LogP contribution in [0.15, 0.2) is 6.33 Å². The topological polar surface area (TPSA) is 90.9 Å². The van der Waals surface area contributed by atoms with Crippen molar-refractivity contribution < 1.29 is 8.42 Å². The van der Waals surface area contributed by atoms with E-state index in [0.29, 0.717) is 18.3 Å². The van der Waals surface area contributed by atoms with Crippen LogP contribution in [-0.4, -0.2) is 35.2 Å². The normalized spacial score (nSPS) is 18.6. The van der Waals surface area contributed by atoms with Crippen LogP contribution in [0.5, 0.6) is 0 Å². The number of hydrogen-bond donors (Lipinski definition) is 1. The van der Waals surface area contributed by atoms with Crippen molar-refractivity contribution in [2.75, 3.05) is 12.0 Å². The van der Waals surface area contributed by atoms with E-state index in [-0.39, 0.29) is 11.8 Å². The molecule has 1 fully saturated rings. The van der Waals surface area contributed by atoms with Crippen LogP contribution in [0.4, 0.5) is 0 Å². The van der Waals surface area contributed by atoms with Crippen molar-refractivity contribution >= 4 is 9.84 Å². The smallest absolute Gasteiger partial charge is 0.150 e. The fraction of sp³-hybridized carbons (Fsp3) is 0.778. The number of aromatic nitrogens is 3. The fourth-order valence-electron chi connectivity index (χ4n) is 1.62. The van der Waals surface area contributed by atoms with E-state index in [1.807, 2.05) is 4.57 Å². The van der Waals surface area contributed by atoms with E-state index in [2.05, 4.69) is 10.2 Å². The second-order valence-electron chi connectivity index (χ2n) is 4.35. The second-order valence-corrected chi connectivity index (χ2v) is 6.61. The van der Waals surface area contributed by atoms with Gasteiger partial charge in [0.05, 0.1) is 11.8 Å². The Balaban J connectivity index is 2.02. The maximum atomic E-state index is 11.0. The summed E-state index contributed by atoms with van der Waals surface area (Å²) in [4.78, 5) is 0. The minimum absolute atomic E-state index is 0.0890. The molecule has 90 valence electrons. The maximum absolute atomic E-state index is 11.0. The van der Waals surface area contributed by atoms with Crippen LogP contribution >= 0.6 is 0 Å². The Morgan fingerprint density at radius 2 is 2.31 bits per heavy atom. The summed E-state index contributed by atoms with van der Waals surface area (Å²) in [5.74, 6) is 0.789. The lowest BCUT2D eigenvalue weighted by Gasteiger charge is -2.11. The molecule has 0 amide bonds. The highest BCUT2D eigenvalue weighted by Gasteiger charge is 2.28. The van der Waals surface area contributed by atoms with Crippen molar-refractivity contribution in [1.29, 1.82) is 0 Å². The molecule has 0 radical (unpaired) electrons. The Kier molecular flexibility index (Phi) is 2.98. The molecule has 1 aromatic rings. The molecular formula is C9H16N4O2S. The molecule has 1 saturated carbocycles. The molecule has 0 bridgehead atoms. The van der Waals surface area contributed by atoms with Gasteiger partial charge in [-0.15, -0.1) is 10.2 Å². The van der Waals surface area contributed by atoms with E-state index in [4.69, 9.17) is 5.73 Å². The summed E-state index contributed by atoms with van der Waals surface area (Å²) in [6, 6.07) is 0.118. The molecule has 1 aromatic heterocycles. The van der Waals surface area contributed by atoms with Gasteiger partial charge in [-0.1, -0.05) is 0 Å². The quantitative estimate of drug-likeness (QED) is 0.790.